The number of halogens is 1. The second-order valence-corrected chi connectivity index (χ2v) is 5.44. The van der Waals surface area contributed by atoms with Crippen LogP contribution in [0.15, 0.2) is 16.6 Å². The van der Waals surface area contributed by atoms with Crippen LogP contribution in [0.3, 0.4) is 0 Å². The van der Waals surface area contributed by atoms with Gasteiger partial charge in [0.1, 0.15) is 0 Å². The number of aliphatic hydroxyl groups is 1. The zero-order valence-corrected chi connectivity index (χ0v) is 12.1. The van der Waals surface area contributed by atoms with Crippen LogP contribution in [-0.4, -0.2) is 25.4 Å². The fraction of sp³-hybridized carbons (Fsp3) is 0.538. The monoisotopic (exact) mass is 315 g/mol. The van der Waals surface area contributed by atoms with Crippen molar-refractivity contribution in [1.29, 1.82) is 0 Å². The maximum absolute atomic E-state index is 10.1. The molecule has 0 bridgehead atoms. The molecule has 0 spiro atoms. The van der Waals surface area contributed by atoms with Crippen LogP contribution in [-0.2, 0) is 0 Å². The van der Waals surface area contributed by atoms with Crippen LogP contribution in [0.4, 0.5) is 0 Å². The van der Waals surface area contributed by atoms with Crippen molar-refractivity contribution in [2.24, 2.45) is 11.7 Å². The number of benzene rings is 1. The third-order valence-electron chi connectivity index (χ3n) is 3.33. The van der Waals surface area contributed by atoms with E-state index in [0.717, 1.165) is 22.9 Å². The van der Waals surface area contributed by atoms with Crippen molar-refractivity contribution < 1.29 is 14.6 Å². The SMILES string of the molecule is COc1cc(Br)c([C@@H](N)[C@@H](O)C2CC2)cc1OC. The zero-order valence-electron chi connectivity index (χ0n) is 10.5. The summed E-state index contributed by atoms with van der Waals surface area (Å²) in [5, 5.41) is 10.1. The molecule has 2 atom stereocenters. The Morgan fingerprint density at radius 3 is 2.33 bits per heavy atom. The van der Waals surface area contributed by atoms with Crippen LogP contribution >= 0.6 is 15.9 Å². The van der Waals surface area contributed by atoms with E-state index in [2.05, 4.69) is 15.9 Å². The molecule has 0 aliphatic heterocycles. The van der Waals surface area contributed by atoms with Gasteiger partial charge in [-0.05, 0) is 36.5 Å². The van der Waals surface area contributed by atoms with Gasteiger partial charge in [0, 0.05) is 4.47 Å². The van der Waals surface area contributed by atoms with Gasteiger partial charge in [-0.1, -0.05) is 15.9 Å². The lowest BCUT2D eigenvalue weighted by Gasteiger charge is -2.21. The van der Waals surface area contributed by atoms with Gasteiger partial charge >= 0.3 is 0 Å². The first kappa shape index (κ1) is 13.6. The molecule has 1 aliphatic rings. The molecule has 18 heavy (non-hydrogen) atoms. The average molecular weight is 316 g/mol. The zero-order chi connectivity index (χ0) is 13.3. The van der Waals surface area contributed by atoms with Gasteiger partial charge in [-0.2, -0.15) is 0 Å². The molecule has 3 N–H and O–H groups in total. The molecule has 100 valence electrons. The maximum atomic E-state index is 10.1. The Labute approximate surface area is 115 Å². The van der Waals surface area contributed by atoms with E-state index in [1.165, 1.54) is 0 Å². The number of methoxy groups -OCH3 is 2. The van der Waals surface area contributed by atoms with E-state index in [9.17, 15) is 5.11 Å². The highest BCUT2D eigenvalue weighted by atomic mass is 79.9. The van der Waals surface area contributed by atoms with Gasteiger partial charge in [0.05, 0.1) is 26.4 Å². The van der Waals surface area contributed by atoms with E-state index in [4.69, 9.17) is 15.2 Å². The Morgan fingerprint density at radius 2 is 1.83 bits per heavy atom. The van der Waals surface area contributed by atoms with Gasteiger partial charge in [-0.3, -0.25) is 0 Å². The fourth-order valence-corrected chi connectivity index (χ4v) is 2.63. The van der Waals surface area contributed by atoms with Crippen LogP contribution in [0, 0.1) is 5.92 Å². The summed E-state index contributed by atoms with van der Waals surface area (Å²) in [7, 11) is 3.17. The lowest BCUT2D eigenvalue weighted by atomic mass is 9.98. The van der Waals surface area contributed by atoms with E-state index in [0.29, 0.717) is 17.4 Å². The van der Waals surface area contributed by atoms with E-state index in [1.54, 1.807) is 14.2 Å². The highest BCUT2D eigenvalue weighted by molar-refractivity contribution is 9.10. The molecular weight excluding hydrogens is 298 g/mol. The predicted octanol–water partition coefficient (Wildman–Crippen LogP) is 2.24. The molecule has 1 aromatic rings. The third-order valence-corrected chi connectivity index (χ3v) is 4.02. The minimum Gasteiger partial charge on any atom is -0.493 e. The molecule has 1 aliphatic carbocycles. The summed E-state index contributed by atoms with van der Waals surface area (Å²) >= 11 is 3.46. The van der Waals surface area contributed by atoms with Crippen molar-refractivity contribution >= 4 is 15.9 Å². The maximum Gasteiger partial charge on any atom is 0.161 e. The van der Waals surface area contributed by atoms with Crippen molar-refractivity contribution in [3.63, 3.8) is 0 Å². The highest BCUT2D eigenvalue weighted by Gasteiger charge is 2.35. The molecule has 5 heteroatoms. The Bertz CT molecular complexity index is 434. The Hall–Kier alpha value is -0.780. The molecule has 1 aromatic carbocycles. The Kier molecular flexibility index (Phi) is 4.14. The van der Waals surface area contributed by atoms with Gasteiger partial charge in [0.25, 0.3) is 0 Å². The molecular formula is C13H18BrNO3. The van der Waals surface area contributed by atoms with Crippen molar-refractivity contribution in [2.45, 2.75) is 25.0 Å². The number of hydrogen-bond acceptors (Lipinski definition) is 4. The molecule has 1 saturated carbocycles. The number of aliphatic hydroxyl groups excluding tert-OH is 1. The van der Waals surface area contributed by atoms with Gasteiger partial charge < -0.3 is 20.3 Å². The van der Waals surface area contributed by atoms with Gasteiger partial charge in [-0.15, -0.1) is 0 Å². The minimum absolute atomic E-state index is 0.333. The number of ether oxygens (including phenoxy) is 2. The molecule has 0 amide bonds. The predicted molar refractivity (Wildman–Crippen MR) is 72.9 cm³/mol. The fourth-order valence-electron chi connectivity index (χ4n) is 2.04. The largest absolute Gasteiger partial charge is 0.493 e. The lowest BCUT2D eigenvalue weighted by molar-refractivity contribution is 0.122. The summed E-state index contributed by atoms with van der Waals surface area (Å²) < 4.78 is 11.3. The van der Waals surface area contributed by atoms with Crippen molar-refractivity contribution in [3.8, 4) is 11.5 Å². The summed E-state index contributed by atoms with van der Waals surface area (Å²) in [6, 6.07) is 3.22. The summed E-state index contributed by atoms with van der Waals surface area (Å²) in [6.45, 7) is 0. The second kappa shape index (κ2) is 5.47. The Balaban J connectivity index is 2.31. The van der Waals surface area contributed by atoms with E-state index >= 15 is 0 Å². The highest BCUT2D eigenvalue weighted by Crippen LogP contribution is 2.41. The van der Waals surface area contributed by atoms with E-state index in [1.807, 2.05) is 12.1 Å². The molecule has 1 fully saturated rings. The molecule has 0 saturated heterocycles. The van der Waals surface area contributed by atoms with Crippen LogP contribution in [0.1, 0.15) is 24.4 Å². The lowest BCUT2D eigenvalue weighted by Crippen LogP contribution is -2.28. The van der Waals surface area contributed by atoms with Crippen LogP contribution < -0.4 is 15.2 Å². The van der Waals surface area contributed by atoms with Gasteiger partial charge in [-0.25, -0.2) is 0 Å². The smallest absolute Gasteiger partial charge is 0.161 e. The normalized spacial score (nSPS) is 18.3. The Morgan fingerprint density at radius 1 is 1.28 bits per heavy atom. The minimum atomic E-state index is -0.501. The third kappa shape index (κ3) is 2.63. The first-order valence-corrected chi connectivity index (χ1v) is 6.72. The first-order valence-electron chi connectivity index (χ1n) is 5.93. The summed E-state index contributed by atoms with van der Waals surface area (Å²) in [4.78, 5) is 0. The first-order chi connectivity index (χ1) is 8.58. The van der Waals surface area contributed by atoms with Crippen LogP contribution in [0.25, 0.3) is 0 Å². The number of nitrogens with two attached hydrogens (primary N) is 1. The van der Waals surface area contributed by atoms with Gasteiger partial charge in [0.15, 0.2) is 11.5 Å². The van der Waals surface area contributed by atoms with Crippen LogP contribution in [0.2, 0.25) is 0 Å². The topological polar surface area (TPSA) is 64.7 Å². The van der Waals surface area contributed by atoms with E-state index < -0.39 is 12.1 Å². The number of rotatable bonds is 5. The standard InChI is InChI=1S/C13H18BrNO3/c1-17-10-5-8(9(14)6-11(10)18-2)12(15)13(16)7-3-4-7/h5-7,12-13,16H,3-4,15H2,1-2H3/t12-,13+/m1/s1. The summed E-state index contributed by atoms with van der Waals surface area (Å²) in [5.41, 5.74) is 6.96. The quantitative estimate of drug-likeness (QED) is 0.874. The molecule has 0 radical (unpaired) electrons. The van der Waals surface area contributed by atoms with Crippen LogP contribution in [0.5, 0.6) is 11.5 Å². The van der Waals surface area contributed by atoms with Crippen molar-refractivity contribution in [3.05, 3.63) is 22.2 Å². The molecule has 2 rings (SSSR count). The molecule has 0 aromatic heterocycles. The van der Waals surface area contributed by atoms with Gasteiger partial charge in [0.2, 0.25) is 0 Å². The summed E-state index contributed by atoms with van der Waals surface area (Å²) in [5.74, 6) is 1.59. The van der Waals surface area contributed by atoms with E-state index in [-0.39, 0.29) is 0 Å². The number of hydrogen-bond donors (Lipinski definition) is 2. The van der Waals surface area contributed by atoms with Crippen molar-refractivity contribution in [2.75, 3.05) is 14.2 Å². The molecule has 4 nitrogen and oxygen atoms in total. The van der Waals surface area contributed by atoms with Crippen molar-refractivity contribution in [1.82, 2.24) is 0 Å². The average Bonchev–Trinajstić information content (AvgIpc) is 3.20. The molecule has 0 unspecified atom stereocenters. The second-order valence-electron chi connectivity index (χ2n) is 4.58. The molecule has 0 heterocycles. The summed E-state index contributed by atoms with van der Waals surface area (Å²) in [6.07, 6.45) is 1.61.